The van der Waals surface area contributed by atoms with E-state index in [9.17, 15) is 9.59 Å². The Morgan fingerprint density at radius 2 is 1.85 bits per heavy atom. The minimum Gasteiger partial charge on any atom is -0.450 e. The maximum Gasteiger partial charge on any atom is 0.409 e. The molecule has 2 amide bonds. The van der Waals surface area contributed by atoms with Crippen molar-refractivity contribution in [2.75, 3.05) is 39.3 Å². The van der Waals surface area contributed by atoms with Crippen LogP contribution in [0.4, 0.5) is 4.79 Å². The Hall–Kier alpha value is -1.30. The van der Waals surface area contributed by atoms with Gasteiger partial charge in [-0.25, -0.2) is 4.79 Å². The molecule has 1 atom stereocenters. The van der Waals surface area contributed by atoms with Gasteiger partial charge >= 0.3 is 6.09 Å². The van der Waals surface area contributed by atoms with E-state index in [2.05, 4.69) is 17.1 Å². The summed E-state index contributed by atoms with van der Waals surface area (Å²) in [6, 6.07) is -0.142. The number of hydrogen-bond donors (Lipinski definition) is 1. The van der Waals surface area contributed by atoms with Crippen LogP contribution in [0.15, 0.2) is 0 Å². The summed E-state index contributed by atoms with van der Waals surface area (Å²) in [5.41, 5.74) is 0. The maximum atomic E-state index is 12.0. The zero-order chi connectivity index (χ0) is 15.0. The Morgan fingerprint density at radius 3 is 2.40 bits per heavy atom. The minimum atomic E-state index is -0.257. The van der Waals surface area contributed by atoms with Gasteiger partial charge in [-0.3, -0.25) is 9.69 Å². The predicted octanol–water partition coefficient (Wildman–Crippen LogP) is 1.07. The first-order chi connectivity index (χ1) is 9.60. The molecule has 1 rings (SSSR count). The Bertz CT molecular complexity index is 315. The molecular formula is C14H27N3O3. The first-order valence-corrected chi connectivity index (χ1v) is 7.53. The monoisotopic (exact) mass is 285 g/mol. The maximum absolute atomic E-state index is 12.0. The number of rotatable bonds is 6. The molecule has 1 unspecified atom stereocenters. The molecule has 0 radical (unpaired) electrons. The molecule has 1 aliphatic rings. The summed E-state index contributed by atoms with van der Waals surface area (Å²) < 4.78 is 4.98. The lowest BCUT2D eigenvalue weighted by molar-refractivity contribution is -0.126. The van der Waals surface area contributed by atoms with Gasteiger partial charge in [0.15, 0.2) is 0 Å². The first kappa shape index (κ1) is 16.8. The SMILES string of the molecule is CCCCNC(=O)C(C)N1CCN(C(=O)OCC)CC1. The summed E-state index contributed by atoms with van der Waals surface area (Å²) >= 11 is 0. The van der Waals surface area contributed by atoms with Crippen molar-refractivity contribution in [1.82, 2.24) is 15.1 Å². The fraction of sp³-hybridized carbons (Fsp3) is 0.857. The van der Waals surface area contributed by atoms with E-state index in [1.807, 2.05) is 6.92 Å². The second-order valence-corrected chi connectivity index (χ2v) is 5.04. The first-order valence-electron chi connectivity index (χ1n) is 7.53. The van der Waals surface area contributed by atoms with Crippen LogP contribution in [0, 0.1) is 0 Å². The second-order valence-electron chi connectivity index (χ2n) is 5.04. The molecule has 20 heavy (non-hydrogen) atoms. The van der Waals surface area contributed by atoms with Gasteiger partial charge in [-0.1, -0.05) is 13.3 Å². The number of ether oxygens (including phenoxy) is 1. The summed E-state index contributed by atoms with van der Waals surface area (Å²) in [6.07, 6.45) is 1.83. The number of amides is 2. The van der Waals surface area contributed by atoms with Gasteiger partial charge in [0.2, 0.25) is 5.91 Å². The van der Waals surface area contributed by atoms with E-state index < -0.39 is 0 Å². The lowest BCUT2D eigenvalue weighted by Crippen LogP contribution is -2.55. The van der Waals surface area contributed by atoms with Gasteiger partial charge < -0.3 is 15.0 Å². The van der Waals surface area contributed by atoms with Gasteiger partial charge in [0.1, 0.15) is 0 Å². The van der Waals surface area contributed by atoms with Crippen molar-refractivity contribution in [2.24, 2.45) is 0 Å². The standard InChI is InChI=1S/C14H27N3O3/c1-4-6-7-15-13(18)12(3)16-8-10-17(11-9-16)14(19)20-5-2/h12H,4-11H2,1-3H3,(H,15,18). The van der Waals surface area contributed by atoms with E-state index >= 15 is 0 Å². The van der Waals surface area contributed by atoms with Crippen LogP contribution >= 0.6 is 0 Å². The molecule has 0 spiro atoms. The summed E-state index contributed by atoms with van der Waals surface area (Å²) in [5.74, 6) is 0.0723. The van der Waals surface area contributed by atoms with Gasteiger partial charge in [0.25, 0.3) is 0 Å². The van der Waals surface area contributed by atoms with Crippen LogP contribution in [0.25, 0.3) is 0 Å². The fourth-order valence-electron chi connectivity index (χ4n) is 2.21. The average molecular weight is 285 g/mol. The third-order valence-corrected chi connectivity index (χ3v) is 3.60. The third-order valence-electron chi connectivity index (χ3n) is 3.60. The Kier molecular flexibility index (Phi) is 7.36. The topological polar surface area (TPSA) is 61.9 Å². The molecule has 0 aromatic rings. The molecule has 1 fully saturated rings. The van der Waals surface area contributed by atoms with Gasteiger partial charge in [-0.05, 0) is 20.3 Å². The molecule has 6 heteroatoms. The zero-order valence-electron chi connectivity index (χ0n) is 12.9. The molecule has 1 heterocycles. The van der Waals surface area contributed by atoms with Gasteiger partial charge in [0, 0.05) is 32.7 Å². The molecule has 0 aromatic heterocycles. The van der Waals surface area contributed by atoms with Crippen LogP contribution < -0.4 is 5.32 Å². The van der Waals surface area contributed by atoms with Crippen molar-refractivity contribution in [3.63, 3.8) is 0 Å². The molecule has 6 nitrogen and oxygen atoms in total. The highest BCUT2D eigenvalue weighted by Gasteiger charge is 2.27. The highest BCUT2D eigenvalue weighted by Crippen LogP contribution is 2.08. The van der Waals surface area contributed by atoms with Crippen LogP contribution in [0.5, 0.6) is 0 Å². The van der Waals surface area contributed by atoms with Crippen LogP contribution in [-0.2, 0) is 9.53 Å². The molecule has 0 aliphatic carbocycles. The van der Waals surface area contributed by atoms with Gasteiger partial charge in [0.05, 0.1) is 12.6 Å². The summed E-state index contributed by atoms with van der Waals surface area (Å²) in [4.78, 5) is 27.4. The van der Waals surface area contributed by atoms with Crippen molar-refractivity contribution in [3.05, 3.63) is 0 Å². The van der Waals surface area contributed by atoms with Crippen LogP contribution in [0.1, 0.15) is 33.6 Å². The van der Waals surface area contributed by atoms with E-state index in [0.717, 1.165) is 19.4 Å². The average Bonchev–Trinajstić information content (AvgIpc) is 2.47. The third kappa shape index (κ3) is 5.00. The second kappa shape index (κ2) is 8.79. The molecule has 116 valence electrons. The molecule has 1 saturated heterocycles. The fourth-order valence-corrected chi connectivity index (χ4v) is 2.21. The number of unbranched alkanes of at least 4 members (excludes halogenated alkanes) is 1. The number of piperazine rings is 1. The molecule has 1 N–H and O–H groups in total. The number of nitrogens with zero attached hydrogens (tertiary/aromatic N) is 2. The van der Waals surface area contributed by atoms with Gasteiger partial charge in [-0.15, -0.1) is 0 Å². The van der Waals surface area contributed by atoms with Crippen molar-refractivity contribution in [2.45, 2.75) is 39.7 Å². The lowest BCUT2D eigenvalue weighted by Gasteiger charge is -2.36. The molecule has 1 aliphatic heterocycles. The van der Waals surface area contributed by atoms with E-state index in [0.29, 0.717) is 32.8 Å². The lowest BCUT2D eigenvalue weighted by atomic mass is 10.2. The molecule has 0 bridgehead atoms. The number of nitrogens with one attached hydrogen (secondary N) is 1. The number of carbonyl (C=O) groups excluding carboxylic acids is 2. The van der Waals surface area contributed by atoms with Crippen molar-refractivity contribution in [1.29, 1.82) is 0 Å². The summed E-state index contributed by atoms with van der Waals surface area (Å²) in [5, 5.41) is 2.95. The highest BCUT2D eigenvalue weighted by atomic mass is 16.6. The summed E-state index contributed by atoms with van der Waals surface area (Å²) in [6.45, 7) is 9.61. The van der Waals surface area contributed by atoms with E-state index in [4.69, 9.17) is 4.74 Å². The van der Waals surface area contributed by atoms with Crippen LogP contribution in [-0.4, -0.2) is 67.2 Å². The Morgan fingerprint density at radius 1 is 1.20 bits per heavy atom. The molecule has 0 saturated carbocycles. The van der Waals surface area contributed by atoms with E-state index in [1.54, 1.807) is 11.8 Å². The predicted molar refractivity (Wildman–Crippen MR) is 77.5 cm³/mol. The van der Waals surface area contributed by atoms with E-state index in [-0.39, 0.29) is 18.0 Å². The summed E-state index contributed by atoms with van der Waals surface area (Å²) in [7, 11) is 0. The Balaban J connectivity index is 2.33. The number of hydrogen-bond acceptors (Lipinski definition) is 4. The molecule has 0 aromatic carbocycles. The number of carbonyl (C=O) groups is 2. The van der Waals surface area contributed by atoms with Crippen molar-refractivity contribution >= 4 is 12.0 Å². The van der Waals surface area contributed by atoms with Crippen LogP contribution in [0.2, 0.25) is 0 Å². The van der Waals surface area contributed by atoms with Crippen molar-refractivity contribution in [3.8, 4) is 0 Å². The quantitative estimate of drug-likeness (QED) is 0.741. The van der Waals surface area contributed by atoms with Crippen molar-refractivity contribution < 1.29 is 14.3 Å². The highest BCUT2D eigenvalue weighted by molar-refractivity contribution is 5.81. The van der Waals surface area contributed by atoms with Gasteiger partial charge in [-0.2, -0.15) is 0 Å². The largest absolute Gasteiger partial charge is 0.450 e. The van der Waals surface area contributed by atoms with Crippen LogP contribution in [0.3, 0.4) is 0 Å². The zero-order valence-corrected chi connectivity index (χ0v) is 12.9. The minimum absolute atomic E-state index is 0.0723. The smallest absolute Gasteiger partial charge is 0.409 e. The normalized spacial score (nSPS) is 17.6. The molecular weight excluding hydrogens is 258 g/mol. The Labute approximate surface area is 121 Å². The van der Waals surface area contributed by atoms with E-state index in [1.165, 1.54) is 0 Å².